The molecule has 0 radical (unpaired) electrons. The van der Waals surface area contributed by atoms with Gasteiger partial charge in [0.25, 0.3) is 0 Å². The van der Waals surface area contributed by atoms with Gasteiger partial charge >= 0.3 is 19.3 Å². The number of ketones is 1. The Kier molecular flexibility index (Phi) is 5.13. The molecule has 0 fully saturated rings. The van der Waals surface area contributed by atoms with Crippen molar-refractivity contribution >= 4 is 35.8 Å². The number of carbonyl (C=O) groups is 1. The summed E-state index contributed by atoms with van der Waals surface area (Å²) in [6.45, 7) is 2.89. The molecule has 0 aromatic heterocycles. The summed E-state index contributed by atoms with van der Waals surface area (Å²) in [5.41, 5.74) is 0.324. The van der Waals surface area contributed by atoms with E-state index in [2.05, 4.69) is 3.63 Å². The number of hydrogen-bond acceptors (Lipinski definition) is 7. The van der Waals surface area contributed by atoms with Crippen molar-refractivity contribution in [3.63, 3.8) is 0 Å². The van der Waals surface area contributed by atoms with Gasteiger partial charge in [-0.1, -0.05) is 19.1 Å². The third-order valence-electron chi connectivity index (χ3n) is 1.98. The zero-order valence-electron chi connectivity index (χ0n) is 10.2. The van der Waals surface area contributed by atoms with Gasteiger partial charge in [-0.15, -0.1) is 3.63 Å². The molecule has 1 rings (SSSR count). The fraction of sp³-hybridized carbons (Fsp3) is 0.300. The van der Waals surface area contributed by atoms with Crippen molar-refractivity contribution in [2.75, 3.05) is 5.75 Å². The average molecular weight is 324 g/mol. The second-order valence-corrected chi connectivity index (χ2v) is 8.90. The Bertz CT molecular complexity index is 658. The maximum absolute atomic E-state index is 11.7. The maximum Gasteiger partial charge on any atom is 0.336 e. The van der Waals surface area contributed by atoms with E-state index < -0.39 is 19.3 Å². The topological polar surface area (TPSA) is 94.6 Å². The molecule has 0 amide bonds. The largest absolute Gasteiger partial charge is 0.336 e. The molecule has 0 heterocycles. The smallest absolute Gasteiger partial charge is 0.295 e. The predicted octanol–water partition coefficient (Wildman–Crippen LogP) is 1.59. The quantitative estimate of drug-likeness (QED) is 0.579. The second-order valence-electron chi connectivity index (χ2n) is 3.42. The normalized spacial score (nSPS) is 12.3. The predicted molar refractivity (Wildman–Crippen MR) is 71.8 cm³/mol. The van der Waals surface area contributed by atoms with E-state index in [1.807, 2.05) is 0 Å². The first-order chi connectivity index (χ1) is 8.68. The zero-order valence-corrected chi connectivity index (χ0v) is 12.6. The molecule has 0 N–H and O–H groups in total. The van der Waals surface area contributed by atoms with Crippen LogP contribution in [0.2, 0.25) is 0 Å². The van der Waals surface area contributed by atoms with Crippen molar-refractivity contribution in [1.29, 1.82) is 0 Å². The van der Waals surface area contributed by atoms with Crippen LogP contribution >= 0.6 is 10.8 Å². The maximum atomic E-state index is 11.7. The molecule has 6 nitrogen and oxygen atoms in total. The van der Waals surface area contributed by atoms with E-state index in [4.69, 9.17) is 0 Å². The highest BCUT2D eigenvalue weighted by atomic mass is 33.2. The van der Waals surface area contributed by atoms with Crippen molar-refractivity contribution < 1.29 is 25.3 Å². The summed E-state index contributed by atoms with van der Waals surface area (Å²) in [5, 5.41) is 0. The highest BCUT2D eigenvalue weighted by Gasteiger charge is 2.25. The minimum Gasteiger partial charge on any atom is -0.295 e. The molecular weight excluding hydrogens is 312 g/mol. The van der Waals surface area contributed by atoms with Crippen LogP contribution in [0.15, 0.2) is 29.2 Å². The molecular formula is C10H12O6S3. The highest BCUT2D eigenvalue weighted by molar-refractivity contribution is 8.71. The van der Waals surface area contributed by atoms with Crippen LogP contribution in [0.25, 0.3) is 0 Å². The third kappa shape index (κ3) is 4.60. The molecule has 0 aliphatic carbocycles. The molecule has 9 heteroatoms. The van der Waals surface area contributed by atoms with Crippen LogP contribution in [0.5, 0.6) is 0 Å². The van der Waals surface area contributed by atoms with Crippen LogP contribution in [-0.4, -0.2) is 28.4 Å². The van der Waals surface area contributed by atoms with Gasteiger partial charge in [0.1, 0.15) is 0 Å². The van der Waals surface area contributed by atoms with Crippen molar-refractivity contribution in [3.8, 4) is 0 Å². The summed E-state index contributed by atoms with van der Waals surface area (Å²) in [7, 11) is -8.23. The molecule has 0 aliphatic rings. The Labute approximate surface area is 115 Å². The number of Topliss-reactive ketones (excluding diaryl/α,β-unsaturated/α-hetero) is 1. The van der Waals surface area contributed by atoms with E-state index in [0.717, 1.165) is 12.1 Å². The van der Waals surface area contributed by atoms with Crippen LogP contribution in [0.1, 0.15) is 24.2 Å². The van der Waals surface area contributed by atoms with E-state index >= 15 is 0 Å². The lowest BCUT2D eigenvalue weighted by Gasteiger charge is -2.05. The second kappa shape index (κ2) is 6.04. The van der Waals surface area contributed by atoms with Gasteiger partial charge < -0.3 is 0 Å². The van der Waals surface area contributed by atoms with Gasteiger partial charge in [0.15, 0.2) is 5.78 Å². The van der Waals surface area contributed by atoms with Crippen LogP contribution in [0, 0.1) is 0 Å². The highest BCUT2D eigenvalue weighted by Crippen LogP contribution is 2.22. The minimum absolute atomic E-state index is 0.168. The summed E-state index contributed by atoms with van der Waals surface area (Å²) in [4.78, 5) is 10.7. The number of rotatable bonds is 6. The van der Waals surface area contributed by atoms with Gasteiger partial charge in [-0.3, -0.25) is 4.79 Å². The first kappa shape index (κ1) is 16.2. The van der Waals surface area contributed by atoms with Gasteiger partial charge in [-0.25, -0.2) is 0 Å². The van der Waals surface area contributed by atoms with Crippen LogP contribution < -0.4 is 0 Å². The molecule has 1 aromatic carbocycles. The standard InChI is InChI=1S/C10H12O6S3/c1-3-17-19(14,15)16-18(12,13)10-6-4-9(5-7-10)8(2)11/h4-7H,3H2,1-2H3. The summed E-state index contributed by atoms with van der Waals surface area (Å²) >= 11 is 0. The Morgan fingerprint density at radius 1 is 1.16 bits per heavy atom. The zero-order chi connectivity index (χ0) is 14.7. The lowest BCUT2D eigenvalue weighted by Crippen LogP contribution is -2.11. The first-order valence-electron chi connectivity index (χ1n) is 5.14. The van der Waals surface area contributed by atoms with E-state index in [9.17, 15) is 21.6 Å². The Morgan fingerprint density at radius 2 is 1.68 bits per heavy atom. The van der Waals surface area contributed by atoms with Crippen LogP contribution in [0.3, 0.4) is 0 Å². The average Bonchev–Trinajstić information content (AvgIpc) is 2.27. The lowest BCUT2D eigenvalue weighted by atomic mass is 10.2. The lowest BCUT2D eigenvalue weighted by molar-refractivity contribution is 0.101. The first-order valence-corrected chi connectivity index (χ1v) is 9.46. The van der Waals surface area contributed by atoms with Crippen molar-refractivity contribution in [2.45, 2.75) is 18.7 Å². The summed E-state index contributed by atoms with van der Waals surface area (Å²) in [6.07, 6.45) is 0. The summed E-state index contributed by atoms with van der Waals surface area (Å²) in [6, 6.07) is 4.83. The minimum atomic E-state index is -4.40. The molecule has 19 heavy (non-hydrogen) atoms. The number of carbonyl (C=O) groups excluding carboxylic acids is 1. The van der Waals surface area contributed by atoms with Gasteiger partial charge in [0, 0.05) is 11.3 Å². The van der Waals surface area contributed by atoms with Crippen LogP contribution in [-0.2, 0) is 22.9 Å². The molecule has 0 atom stereocenters. The number of benzene rings is 1. The van der Waals surface area contributed by atoms with Gasteiger partial charge in [0.2, 0.25) is 0 Å². The molecule has 0 saturated heterocycles. The van der Waals surface area contributed by atoms with Crippen LogP contribution in [0.4, 0.5) is 0 Å². The molecule has 0 saturated carbocycles. The van der Waals surface area contributed by atoms with Gasteiger partial charge in [0.05, 0.1) is 4.90 Å². The fourth-order valence-electron chi connectivity index (χ4n) is 1.17. The molecule has 0 unspecified atom stereocenters. The van der Waals surface area contributed by atoms with E-state index in [1.54, 1.807) is 6.92 Å². The van der Waals surface area contributed by atoms with Gasteiger partial charge in [-0.2, -0.15) is 16.8 Å². The molecule has 0 spiro atoms. The van der Waals surface area contributed by atoms with Crippen molar-refractivity contribution in [1.82, 2.24) is 0 Å². The Hall–Kier alpha value is -0.900. The monoisotopic (exact) mass is 324 g/mol. The third-order valence-corrected chi connectivity index (χ3v) is 6.81. The van der Waals surface area contributed by atoms with E-state index in [-0.39, 0.29) is 16.4 Å². The molecule has 106 valence electrons. The summed E-state index contributed by atoms with van der Waals surface area (Å²) < 4.78 is 50.2. The molecule has 1 aromatic rings. The molecule has 0 bridgehead atoms. The Morgan fingerprint density at radius 3 is 2.11 bits per heavy atom. The number of hydrogen-bond donors (Lipinski definition) is 0. The van der Waals surface area contributed by atoms with E-state index in [1.165, 1.54) is 19.1 Å². The van der Waals surface area contributed by atoms with Crippen molar-refractivity contribution in [3.05, 3.63) is 29.8 Å². The van der Waals surface area contributed by atoms with Crippen molar-refractivity contribution in [2.24, 2.45) is 0 Å². The van der Waals surface area contributed by atoms with E-state index in [0.29, 0.717) is 16.4 Å². The molecule has 0 aliphatic heterocycles. The SMILES string of the molecule is CCSS(=O)(=O)OS(=O)(=O)c1ccc(C(C)=O)cc1. The Balaban J connectivity index is 3.04. The van der Waals surface area contributed by atoms with Gasteiger partial charge in [-0.05, 0) is 29.9 Å². The summed E-state index contributed by atoms with van der Waals surface area (Å²) in [5.74, 6) is -0.0553. The fourth-order valence-corrected chi connectivity index (χ4v) is 5.15.